The second-order valence-corrected chi connectivity index (χ2v) is 7.67. The third-order valence-corrected chi connectivity index (χ3v) is 5.60. The summed E-state index contributed by atoms with van der Waals surface area (Å²) in [6.07, 6.45) is 0. The standard InChI is InChI=1S/C15H22BNO4S/c1-14(2)15(3,4)21-16(20-14)12-9-11(10-22-12)13(18)17-5-7-19-8-6-17/h9-10H,5-8H2,1-4H3. The number of amides is 1. The van der Waals surface area contributed by atoms with E-state index in [1.54, 1.807) is 0 Å². The first-order chi connectivity index (χ1) is 10.3. The zero-order valence-electron chi connectivity index (χ0n) is 13.5. The molecule has 22 heavy (non-hydrogen) atoms. The molecular weight excluding hydrogens is 301 g/mol. The van der Waals surface area contributed by atoms with Crippen molar-refractivity contribution in [3.8, 4) is 0 Å². The minimum absolute atomic E-state index is 0.0577. The van der Waals surface area contributed by atoms with Crippen LogP contribution in [0.5, 0.6) is 0 Å². The van der Waals surface area contributed by atoms with E-state index >= 15 is 0 Å². The second kappa shape index (κ2) is 5.63. The van der Waals surface area contributed by atoms with Gasteiger partial charge in [0.15, 0.2) is 0 Å². The summed E-state index contributed by atoms with van der Waals surface area (Å²) >= 11 is 1.51. The smallest absolute Gasteiger partial charge is 0.399 e. The van der Waals surface area contributed by atoms with E-state index in [4.69, 9.17) is 14.0 Å². The van der Waals surface area contributed by atoms with Gasteiger partial charge in [-0.3, -0.25) is 4.79 Å². The number of hydrogen-bond acceptors (Lipinski definition) is 5. The van der Waals surface area contributed by atoms with Crippen molar-refractivity contribution < 1.29 is 18.8 Å². The van der Waals surface area contributed by atoms with Crippen molar-refractivity contribution in [1.82, 2.24) is 4.90 Å². The number of carbonyl (C=O) groups is 1. The van der Waals surface area contributed by atoms with Crippen molar-refractivity contribution in [3.63, 3.8) is 0 Å². The summed E-state index contributed by atoms with van der Waals surface area (Å²) in [5.74, 6) is 0.0577. The normalized spacial score (nSPS) is 23.8. The molecule has 3 heterocycles. The lowest BCUT2D eigenvalue weighted by Crippen LogP contribution is -2.41. The Morgan fingerprint density at radius 2 is 1.77 bits per heavy atom. The van der Waals surface area contributed by atoms with E-state index < -0.39 is 7.12 Å². The van der Waals surface area contributed by atoms with E-state index in [0.29, 0.717) is 31.9 Å². The lowest BCUT2D eigenvalue weighted by Gasteiger charge is -2.32. The molecule has 0 N–H and O–H groups in total. The second-order valence-electron chi connectivity index (χ2n) is 6.73. The van der Waals surface area contributed by atoms with Crippen molar-refractivity contribution >= 4 is 29.1 Å². The highest BCUT2D eigenvalue weighted by Gasteiger charge is 2.52. The van der Waals surface area contributed by atoms with Gasteiger partial charge in [-0.2, -0.15) is 11.3 Å². The van der Waals surface area contributed by atoms with Gasteiger partial charge in [0.05, 0.1) is 24.4 Å². The summed E-state index contributed by atoms with van der Waals surface area (Å²) in [4.78, 5) is 14.3. The van der Waals surface area contributed by atoms with Gasteiger partial charge in [0.25, 0.3) is 5.91 Å². The number of carbonyl (C=O) groups excluding carboxylic acids is 1. The first kappa shape index (κ1) is 16.0. The van der Waals surface area contributed by atoms with E-state index in [1.165, 1.54) is 11.3 Å². The van der Waals surface area contributed by atoms with Crippen LogP contribution < -0.4 is 4.78 Å². The number of hydrogen-bond donors (Lipinski definition) is 0. The summed E-state index contributed by atoms with van der Waals surface area (Å²) in [5.41, 5.74) is -0.0249. The van der Waals surface area contributed by atoms with Crippen LogP contribution in [0.25, 0.3) is 0 Å². The molecule has 2 fully saturated rings. The molecule has 0 saturated carbocycles. The quantitative estimate of drug-likeness (QED) is 0.775. The van der Waals surface area contributed by atoms with E-state index in [1.807, 2.05) is 44.0 Å². The van der Waals surface area contributed by atoms with Gasteiger partial charge in [-0.05, 0) is 33.8 Å². The minimum atomic E-state index is -0.402. The fourth-order valence-electron chi connectivity index (χ4n) is 2.50. The largest absolute Gasteiger partial charge is 0.505 e. The molecule has 2 aliphatic rings. The number of rotatable bonds is 2. The van der Waals surface area contributed by atoms with Crippen molar-refractivity contribution in [1.29, 1.82) is 0 Å². The molecule has 0 aliphatic carbocycles. The van der Waals surface area contributed by atoms with Gasteiger partial charge in [0, 0.05) is 28.8 Å². The fraction of sp³-hybridized carbons (Fsp3) is 0.667. The molecule has 0 spiro atoms. The summed E-state index contributed by atoms with van der Waals surface area (Å²) < 4.78 is 18.3. The summed E-state index contributed by atoms with van der Waals surface area (Å²) in [5, 5.41) is 1.89. The molecule has 0 bridgehead atoms. The van der Waals surface area contributed by atoms with Crippen LogP contribution in [0.2, 0.25) is 0 Å². The molecule has 2 aliphatic heterocycles. The van der Waals surface area contributed by atoms with Crippen LogP contribution in [0.3, 0.4) is 0 Å². The highest BCUT2D eigenvalue weighted by atomic mass is 32.1. The van der Waals surface area contributed by atoms with Crippen LogP contribution in [0.1, 0.15) is 38.1 Å². The van der Waals surface area contributed by atoms with Crippen LogP contribution in [-0.4, -0.2) is 55.4 Å². The molecule has 0 radical (unpaired) electrons. The Balaban J connectivity index is 1.73. The van der Waals surface area contributed by atoms with Crippen molar-refractivity contribution in [3.05, 3.63) is 17.0 Å². The third kappa shape index (κ3) is 2.83. The Morgan fingerprint density at radius 3 is 2.36 bits per heavy atom. The minimum Gasteiger partial charge on any atom is -0.399 e. The van der Waals surface area contributed by atoms with Gasteiger partial charge in [-0.1, -0.05) is 0 Å². The van der Waals surface area contributed by atoms with Crippen molar-refractivity contribution in [2.75, 3.05) is 26.3 Å². The summed E-state index contributed by atoms with van der Waals surface area (Å²) in [6.45, 7) is 10.6. The lowest BCUT2D eigenvalue weighted by molar-refractivity contribution is 0.00578. The molecular formula is C15H22BNO4S. The molecule has 1 aromatic rings. The Kier molecular flexibility index (Phi) is 4.10. The SMILES string of the molecule is CC1(C)OB(c2cc(C(=O)N3CCOCC3)cs2)OC1(C)C. The van der Waals surface area contributed by atoms with Gasteiger partial charge in [-0.25, -0.2) is 0 Å². The maximum Gasteiger partial charge on any atom is 0.505 e. The maximum atomic E-state index is 12.5. The van der Waals surface area contributed by atoms with Crippen molar-refractivity contribution in [2.45, 2.75) is 38.9 Å². The highest BCUT2D eigenvalue weighted by Crippen LogP contribution is 2.36. The number of nitrogens with zero attached hydrogens (tertiary/aromatic N) is 1. The molecule has 5 nitrogen and oxygen atoms in total. The van der Waals surface area contributed by atoms with Gasteiger partial charge in [0.1, 0.15) is 0 Å². The van der Waals surface area contributed by atoms with E-state index in [2.05, 4.69) is 0 Å². The average Bonchev–Trinajstić information content (AvgIpc) is 3.03. The van der Waals surface area contributed by atoms with Gasteiger partial charge in [0.2, 0.25) is 0 Å². The summed E-state index contributed by atoms with van der Waals surface area (Å²) in [7, 11) is -0.402. The monoisotopic (exact) mass is 323 g/mol. The Labute approximate surface area is 135 Å². The van der Waals surface area contributed by atoms with Crippen LogP contribution in [0, 0.1) is 0 Å². The Morgan fingerprint density at radius 1 is 1.18 bits per heavy atom. The molecule has 120 valence electrons. The van der Waals surface area contributed by atoms with Crippen LogP contribution in [-0.2, 0) is 14.0 Å². The Hall–Kier alpha value is -0.885. The van der Waals surface area contributed by atoms with Crippen LogP contribution >= 0.6 is 11.3 Å². The molecule has 0 atom stereocenters. The van der Waals surface area contributed by atoms with E-state index in [9.17, 15) is 4.79 Å². The molecule has 1 aromatic heterocycles. The number of morpholine rings is 1. The molecule has 7 heteroatoms. The first-order valence-electron chi connectivity index (χ1n) is 7.61. The van der Waals surface area contributed by atoms with Crippen molar-refractivity contribution in [2.24, 2.45) is 0 Å². The maximum absolute atomic E-state index is 12.5. The van der Waals surface area contributed by atoms with Gasteiger partial charge in [-0.15, -0.1) is 0 Å². The number of thiophene rings is 1. The zero-order valence-corrected chi connectivity index (χ0v) is 14.4. The van der Waals surface area contributed by atoms with Gasteiger partial charge < -0.3 is 18.9 Å². The predicted octanol–water partition coefficient (Wildman–Crippen LogP) is 1.52. The first-order valence-corrected chi connectivity index (χ1v) is 8.49. The van der Waals surface area contributed by atoms with E-state index in [-0.39, 0.29) is 17.1 Å². The predicted molar refractivity (Wildman–Crippen MR) is 86.8 cm³/mol. The van der Waals surface area contributed by atoms with Gasteiger partial charge >= 0.3 is 7.12 Å². The molecule has 0 unspecified atom stereocenters. The lowest BCUT2D eigenvalue weighted by atomic mass is 9.87. The molecule has 1 amide bonds. The fourth-order valence-corrected chi connectivity index (χ4v) is 3.33. The molecule has 2 saturated heterocycles. The Bertz CT molecular complexity index is 550. The topological polar surface area (TPSA) is 48.0 Å². The average molecular weight is 323 g/mol. The molecule has 0 aromatic carbocycles. The third-order valence-electron chi connectivity index (χ3n) is 4.65. The van der Waals surface area contributed by atoms with Crippen LogP contribution in [0.15, 0.2) is 11.4 Å². The van der Waals surface area contributed by atoms with Crippen LogP contribution in [0.4, 0.5) is 0 Å². The number of ether oxygens (including phenoxy) is 1. The zero-order chi connectivity index (χ0) is 16.0. The van der Waals surface area contributed by atoms with E-state index in [0.717, 1.165) is 4.78 Å². The summed E-state index contributed by atoms with van der Waals surface area (Å²) in [6, 6.07) is 1.89. The molecule has 3 rings (SSSR count). The highest BCUT2D eigenvalue weighted by molar-refractivity contribution is 7.21.